The van der Waals surface area contributed by atoms with Gasteiger partial charge >= 0.3 is 0 Å². The van der Waals surface area contributed by atoms with E-state index in [0.29, 0.717) is 6.61 Å². The van der Waals surface area contributed by atoms with Crippen molar-refractivity contribution < 1.29 is 14.4 Å². The first-order valence-electron chi connectivity index (χ1n) is 8.09. The average molecular weight is 291 g/mol. The van der Waals surface area contributed by atoms with Crippen LogP contribution in [0.25, 0.3) is 0 Å². The maximum absolute atomic E-state index is 12.5. The Balaban J connectivity index is 1.99. The Morgan fingerprint density at radius 3 is 2.57 bits per heavy atom. The lowest BCUT2D eigenvalue weighted by Crippen LogP contribution is -3.16. The van der Waals surface area contributed by atoms with Crippen LogP contribution in [-0.4, -0.2) is 31.6 Å². The van der Waals surface area contributed by atoms with Gasteiger partial charge in [0.25, 0.3) is 5.91 Å². The number of quaternary nitrogens is 1. The maximum atomic E-state index is 12.5. The Bertz CT molecular complexity index is 454. The summed E-state index contributed by atoms with van der Waals surface area (Å²) in [6.45, 7) is 6.77. The van der Waals surface area contributed by atoms with Crippen LogP contribution in [0.1, 0.15) is 39.5 Å². The molecule has 0 saturated carbocycles. The molecule has 1 aromatic rings. The molecule has 4 heteroatoms. The molecule has 0 spiro atoms. The largest absolute Gasteiger partial charge is 0.492 e. The average Bonchev–Trinajstić information content (AvgIpc) is 2.78. The molecule has 1 atom stereocenters. The molecule has 0 bridgehead atoms. The summed E-state index contributed by atoms with van der Waals surface area (Å²) in [5.74, 6) is 0.825. The van der Waals surface area contributed by atoms with Gasteiger partial charge in [-0.15, -0.1) is 0 Å². The molecule has 1 aliphatic rings. The van der Waals surface area contributed by atoms with E-state index in [1.807, 2.05) is 38.1 Å². The number of benzene rings is 1. The second-order valence-electron chi connectivity index (χ2n) is 5.71. The Labute approximate surface area is 127 Å². The van der Waals surface area contributed by atoms with Crippen molar-refractivity contribution in [1.82, 2.24) is 0 Å². The molecule has 1 saturated heterocycles. The number of nitrogens with one attached hydrogen (secondary N) is 2. The fourth-order valence-corrected chi connectivity index (χ4v) is 2.89. The number of anilines is 1. The summed E-state index contributed by atoms with van der Waals surface area (Å²) in [5, 5.41) is 3.03. The smallest absolute Gasteiger partial charge is 0.282 e. The van der Waals surface area contributed by atoms with E-state index in [1.165, 1.54) is 30.6 Å². The molecule has 0 aliphatic carbocycles. The van der Waals surface area contributed by atoms with Gasteiger partial charge in [0, 0.05) is 0 Å². The highest BCUT2D eigenvalue weighted by Gasteiger charge is 2.26. The summed E-state index contributed by atoms with van der Waals surface area (Å²) in [7, 11) is 0. The zero-order valence-corrected chi connectivity index (χ0v) is 13.2. The van der Waals surface area contributed by atoms with Gasteiger partial charge in [-0.2, -0.15) is 0 Å². The van der Waals surface area contributed by atoms with Crippen LogP contribution in [-0.2, 0) is 4.79 Å². The summed E-state index contributed by atoms with van der Waals surface area (Å²) in [5.41, 5.74) is 0.769. The second-order valence-corrected chi connectivity index (χ2v) is 5.71. The number of rotatable bonds is 5. The van der Waals surface area contributed by atoms with Crippen molar-refractivity contribution >= 4 is 11.6 Å². The molecule has 1 amide bonds. The maximum Gasteiger partial charge on any atom is 0.282 e. The molecular formula is C17H27N2O2+. The first kappa shape index (κ1) is 15.8. The molecular weight excluding hydrogens is 264 g/mol. The van der Waals surface area contributed by atoms with Crippen molar-refractivity contribution in [2.75, 3.05) is 25.0 Å². The van der Waals surface area contributed by atoms with E-state index in [9.17, 15) is 4.79 Å². The summed E-state index contributed by atoms with van der Waals surface area (Å²) in [4.78, 5) is 13.9. The zero-order valence-electron chi connectivity index (χ0n) is 13.2. The molecule has 1 aliphatic heterocycles. The normalized spacial score (nSPS) is 17.8. The van der Waals surface area contributed by atoms with Gasteiger partial charge in [-0.3, -0.25) is 4.79 Å². The third-order valence-corrected chi connectivity index (χ3v) is 4.20. The fourth-order valence-electron chi connectivity index (χ4n) is 2.89. The standard InChI is InChI=1S/C17H26N2O2/c1-3-21-16-11-7-6-10-15(16)18-17(20)14(2)19-12-8-4-5-9-13-19/h6-7,10-11,14H,3-5,8-9,12-13H2,1-2H3,(H,18,20)/p+1/t14-/m0/s1. The summed E-state index contributed by atoms with van der Waals surface area (Å²) in [6.07, 6.45) is 5.04. The van der Waals surface area contributed by atoms with Crippen LogP contribution < -0.4 is 15.0 Å². The van der Waals surface area contributed by atoms with Crippen LogP contribution in [0.3, 0.4) is 0 Å². The number of likely N-dealkylation sites (tertiary alicyclic amines) is 1. The second kappa shape index (κ2) is 8.03. The third kappa shape index (κ3) is 4.46. The van der Waals surface area contributed by atoms with E-state index < -0.39 is 0 Å². The molecule has 1 heterocycles. The van der Waals surface area contributed by atoms with E-state index in [4.69, 9.17) is 4.74 Å². The van der Waals surface area contributed by atoms with Crippen LogP contribution in [0.15, 0.2) is 24.3 Å². The van der Waals surface area contributed by atoms with Crippen molar-refractivity contribution in [2.24, 2.45) is 0 Å². The Kier molecular flexibility index (Phi) is 6.05. The molecule has 21 heavy (non-hydrogen) atoms. The van der Waals surface area contributed by atoms with Crippen molar-refractivity contribution in [3.05, 3.63) is 24.3 Å². The van der Waals surface area contributed by atoms with Crippen LogP contribution >= 0.6 is 0 Å². The van der Waals surface area contributed by atoms with Crippen molar-refractivity contribution in [3.8, 4) is 5.75 Å². The minimum absolute atomic E-state index is 0.0159. The summed E-state index contributed by atoms with van der Waals surface area (Å²) >= 11 is 0. The van der Waals surface area contributed by atoms with Crippen molar-refractivity contribution in [1.29, 1.82) is 0 Å². The fraction of sp³-hybridized carbons (Fsp3) is 0.588. The Morgan fingerprint density at radius 2 is 1.90 bits per heavy atom. The first-order valence-corrected chi connectivity index (χ1v) is 8.09. The summed E-state index contributed by atoms with van der Waals surface area (Å²) in [6, 6.07) is 7.61. The van der Waals surface area contributed by atoms with E-state index in [1.54, 1.807) is 0 Å². The van der Waals surface area contributed by atoms with E-state index in [-0.39, 0.29) is 11.9 Å². The van der Waals surface area contributed by atoms with E-state index in [2.05, 4.69) is 5.32 Å². The third-order valence-electron chi connectivity index (χ3n) is 4.20. The van der Waals surface area contributed by atoms with Gasteiger partial charge in [0.1, 0.15) is 5.75 Å². The predicted octanol–water partition coefficient (Wildman–Crippen LogP) is 1.87. The van der Waals surface area contributed by atoms with Crippen molar-refractivity contribution in [3.63, 3.8) is 0 Å². The van der Waals surface area contributed by atoms with Gasteiger partial charge < -0.3 is 15.0 Å². The number of para-hydroxylation sites is 2. The number of hydrogen-bond donors (Lipinski definition) is 2. The van der Waals surface area contributed by atoms with Gasteiger partial charge in [-0.1, -0.05) is 12.1 Å². The minimum Gasteiger partial charge on any atom is -0.492 e. The summed E-state index contributed by atoms with van der Waals surface area (Å²) < 4.78 is 5.56. The van der Waals surface area contributed by atoms with Gasteiger partial charge in [0.05, 0.1) is 25.4 Å². The van der Waals surface area contributed by atoms with Gasteiger partial charge in [-0.25, -0.2) is 0 Å². The van der Waals surface area contributed by atoms with Crippen LogP contribution in [0, 0.1) is 0 Å². The first-order chi connectivity index (χ1) is 10.2. The molecule has 0 unspecified atom stereocenters. The van der Waals surface area contributed by atoms with Crippen LogP contribution in [0.2, 0.25) is 0 Å². The number of amides is 1. The lowest BCUT2D eigenvalue weighted by atomic mass is 10.2. The molecule has 1 aromatic carbocycles. The van der Waals surface area contributed by atoms with E-state index in [0.717, 1.165) is 24.5 Å². The monoisotopic (exact) mass is 291 g/mol. The highest BCUT2D eigenvalue weighted by Crippen LogP contribution is 2.23. The topological polar surface area (TPSA) is 42.8 Å². The lowest BCUT2D eigenvalue weighted by Gasteiger charge is -2.24. The molecule has 4 nitrogen and oxygen atoms in total. The number of ether oxygens (including phenoxy) is 1. The quantitative estimate of drug-likeness (QED) is 0.870. The molecule has 2 rings (SSSR count). The highest BCUT2D eigenvalue weighted by atomic mass is 16.5. The van der Waals surface area contributed by atoms with E-state index >= 15 is 0 Å². The minimum atomic E-state index is -0.0159. The molecule has 0 radical (unpaired) electrons. The number of carbonyl (C=O) groups excluding carboxylic acids is 1. The zero-order chi connectivity index (χ0) is 15.1. The number of carbonyl (C=O) groups is 1. The molecule has 1 fully saturated rings. The molecule has 2 N–H and O–H groups in total. The predicted molar refractivity (Wildman–Crippen MR) is 84.9 cm³/mol. The Morgan fingerprint density at radius 1 is 1.24 bits per heavy atom. The van der Waals surface area contributed by atoms with Gasteiger partial charge in [0.15, 0.2) is 6.04 Å². The molecule has 116 valence electrons. The molecule has 0 aromatic heterocycles. The SMILES string of the molecule is CCOc1ccccc1NC(=O)[C@H](C)[NH+]1CCCCCC1. The van der Waals surface area contributed by atoms with Crippen LogP contribution in [0.4, 0.5) is 5.69 Å². The number of hydrogen-bond acceptors (Lipinski definition) is 2. The van der Waals surface area contributed by atoms with Crippen LogP contribution in [0.5, 0.6) is 5.75 Å². The van der Waals surface area contributed by atoms with Gasteiger partial charge in [0.2, 0.25) is 0 Å². The lowest BCUT2D eigenvalue weighted by molar-refractivity contribution is -0.913. The van der Waals surface area contributed by atoms with Gasteiger partial charge in [-0.05, 0) is 51.7 Å². The Hall–Kier alpha value is -1.55. The highest BCUT2D eigenvalue weighted by molar-refractivity contribution is 5.94. The van der Waals surface area contributed by atoms with Crippen molar-refractivity contribution in [2.45, 2.75) is 45.6 Å².